The highest BCUT2D eigenvalue weighted by molar-refractivity contribution is 7.18. The summed E-state index contributed by atoms with van der Waals surface area (Å²) in [5.41, 5.74) is 1.40. The smallest absolute Gasteiger partial charge is 0.263 e. The number of Topliss-reactive ketones (excluding diaryl/α,β-unsaturated/α-hetero) is 1. The van der Waals surface area contributed by atoms with Crippen LogP contribution in [0, 0.1) is 13.8 Å². The summed E-state index contributed by atoms with van der Waals surface area (Å²) in [4.78, 5) is 31.4. The van der Waals surface area contributed by atoms with Gasteiger partial charge in [0.1, 0.15) is 4.83 Å². The molecule has 2 aromatic heterocycles. The number of benzene rings is 1. The van der Waals surface area contributed by atoms with Crippen LogP contribution in [0.3, 0.4) is 0 Å². The number of rotatable bonds is 3. The topological polar surface area (TPSA) is 52.0 Å². The molecule has 2 heterocycles. The number of nitrogens with zero attached hydrogens (tertiary/aromatic N) is 2. The molecule has 0 saturated carbocycles. The third-order valence-corrected chi connectivity index (χ3v) is 5.08. The second-order valence-electron chi connectivity index (χ2n) is 5.33. The maximum absolute atomic E-state index is 12.7. The summed E-state index contributed by atoms with van der Waals surface area (Å²) in [6.07, 6.45) is 1.48. The van der Waals surface area contributed by atoms with Gasteiger partial charge in [-0.15, -0.1) is 11.3 Å². The summed E-state index contributed by atoms with van der Waals surface area (Å²) >= 11 is 1.51. The molecule has 0 N–H and O–H groups in total. The molecule has 0 saturated heterocycles. The van der Waals surface area contributed by atoms with Crippen LogP contribution >= 0.6 is 11.3 Å². The van der Waals surface area contributed by atoms with Gasteiger partial charge >= 0.3 is 0 Å². The van der Waals surface area contributed by atoms with Crippen LogP contribution in [-0.4, -0.2) is 15.3 Å². The fourth-order valence-electron chi connectivity index (χ4n) is 2.49. The molecular formula is C17H16N2O2S. The van der Waals surface area contributed by atoms with Gasteiger partial charge in [0.05, 0.1) is 17.8 Å². The van der Waals surface area contributed by atoms with Crippen LogP contribution in [0.5, 0.6) is 0 Å². The molecule has 22 heavy (non-hydrogen) atoms. The summed E-state index contributed by atoms with van der Waals surface area (Å²) in [5, 5.41) is 0.623. The highest BCUT2D eigenvalue weighted by Gasteiger charge is 2.20. The van der Waals surface area contributed by atoms with Crippen LogP contribution in [0.25, 0.3) is 10.2 Å². The number of thiophene rings is 1. The van der Waals surface area contributed by atoms with Crippen LogP contribution in [0.1, 0.15) is 33.8 Å². The van der Waals surface area contributed by atoms with Gasteiger partial charge in [-0.2, -0.15) is 0 Å². The fourth-order valence-corrected chi connectivity index (χ4v) is 3.48. The number of aromatic nitrogens is 2. The number of hydrogen-bond donors (Lipinski definition) is 0. The minimum absolute atomic E-state index is 0.0894. The van der Waals surface area contributed by atoms with E-state index in [1.807, 2.05) is 32.0 Å². The van der Waals surface area contributed by atoms with E-state index in [9.17, 15) is 9.59 Å². The van der Waals surface area contributed by atoms with E-state index in [0.717, 1.165) is 15.3 Å². The number of aryl methyl sites for hydroxylation is 2. The van der Waals surface area contributed by atoms with E-state index in [-0.39, 0.29) is 11.3 Å². The third-order valence-electron chi connectivity index (χ3n) is 3.97. The molecule has 0 fully saturated rings. The molecule has 1 aromatic carbocycles. The number of carbonyl (C=O) groups excluding carboxylic acids is 1. The van der Waals surface area contributed by atoms with Gasteiger partial charge in [-0.25, -0.2) is 4.98 Å². The lowest BCUT2D eigenvalue weighted by Gasteiger charge is -2.13. The maximum Gasteiger partial charge on any atom is 0.263 e. The van der Waals surface area contributed by atoms with Crippen molar-refractivity contribution >= 4 is 27.3 Å². The van der Waals surface area contributed by atoms with E-state index in [0.29, 0.717) is 10.9 Å². The largest absolute Gasteiger partial charge is 0.292 e. The Hall–Kier alpha value is -2.27. The van der Waals surface area contributed by atoms with Crippen molar-refractivity contribution in [2.24, 2.45) is 0 Å². The monoisotopic (exact) mass is 312 g/mol. The fraction of sp³-hybridized carbons (Fsp3) is 0.235. The second kappa shape index (κ2) is 5.50. The van der Waals surface area contributed by atoms with E-state index in [2.05, 4.69) is 4.98 Å². The van der Waals surface area contributed by atoms with Gasteiger partial charge in [0, 0.05) is 10.4 Å². The normalized spacial score (nSPS) is 12.5. The molecule has 0 aliphatic carbocycles. The Morgan fingerprint density at radius 1 is 1.23 bits per heavy atom. The van der Waals surface area contributed by atoms with Gasteiger partial charge in [0.15, 0.2) is 5.78 Å². The van der Waals surface area contributed by atoms with Crippen molar-refractivity contribution in [2.45, 2.75) is 26.8 Å². The lowest BCUT2D eigenvalue weighted by atomic mass is 10.1. The Labute approximate surface area is 132 Å². The van der Waals surface area contributed by atoms with Crippen molar-refractivity contribution in [2.75, 3.05) is 0 Å². The maximum atomic E-state index is 12.7. The van der Waals surface area contributed by atoms with Crippen LogP contribution in [-0.2, 0) is 0 Å². The summed E-state index contributed by atoms with van der Waals surface area (Å²) < 4.78 is 1.43. The van der Waals surface area contributed by atoms with Gasteiger partial charge in [-0.3, -0.25) is 14.2 Å². The van der Waals surface area contributed by atoms with Crippen LogP contribution in [0.4, 0.5) is 0 Å². The van der Waals surface area contributed by atoms with E-state index in [1.165, 1.54) is 22.2 Å². The van der Waals surface area contributed by atoms with Gasteiger partial charge < -0.3 is 0 Å². The SMILES string of the molecule is Cc1sc2ncn(C(C)C(=O)c3ccccc3)c(=O)c2c1C. The van der Waals surface area contributed by atoms with E-state index in [1.54, 1.807) is 19.1 Å². The van der Waals surface area contributed by atoms with Crippen molar-refractivity contribution in [3.63, 3.8) is 0 Å². The zero-order chi connectivity index (χ0) is 15.9. The average Bonchev–Trinajstić information content (AvgIpc) is 2.83. The number of carbonyl (C=O) groups is 1. The average molecular weight is 312 g/mol. The molecule has 4 nitrogen and oxygen atoms in total. The molecule has 112 valence electrons. The highest BCUT2D eigenvalue weighted by atomic mass is 32.1. The number of fused-ring (bicyclic) bond motifs is 1. The molecule has 0 spiro atoms. The highest BCUT2D eigenvalue weighted by Crippen LogP contribution is 2.26. The molecular weight excluding hydrogens is 296 g/mol. The van der Waals surface area contributed by atoms with Gasteiger partial charge in [0.2, 0.25) is 0 Å². The molecule has 0 bridgehead atoms. The van der Waals surface area contributed by atoms with Crippen LogP contribution in [0.2, 0.25) is 0 Å². The second-order valence-corrected chi connectivity index (χ2v) is 6.53. The quantitative estimate of drug-likeness (QED) is 0.695. The zero-order valence-corrected chi connectivity index (χ0v) is 13.5. The third kappa shape index (κ3) is 2.27. The molecule has 0 radical (unpaired) electrons. The first-order valence-electron chi connectivity index (χ1n) is 7.07. The first kappa shape index (κ1) is 14.7. The molecule has 0 aliphatic rings. The Morgan fingerprint density at radius 3 is 2.59 bits per heavy atom. The molecule has 3 aromatic rings. The summed E-state index contributed by atoms with van der Waals surface area (Å²) in [6, 6.07) is 8.43. The van der Waals surface area contributed by atoms with Crippen molar-refractivity contribution in [1.29, 1.82) is 0 Å². The predicted molar refractivity (Wildman–Crippen MR) is 88.8 cm³/mol. The van der Waals surface area contributed by atoms with Crippen LogP contribution < -0.4 is 5.56 Å². The lowest BCUT2D eigenvalue weighted by molar-refractivity contribution is 0.0932. The molecule has 5 heteroatoms. The molecule has 1 atom stereocenters. The molecule has 0 aliphatic heterocycles. The number of ketones is 1. The molecule has 3 rings (SSSR count). The van der Waals surface area contributed by atoms with Crippen molar-refractivity contribution in [3.05, 3.63) is 63.0 Å². The Kier molecular flexibility index (Phi) is 3.66. The lowest BCUT2D eigenvalue weighted by Crippen LogP contribution is -2.28. The summed E-state index contributed by atoms with van der Waals surface area (Å²) in [7, 11) is 0. The first-order chi connectivity index (χ1) is 10.5. The van der Waals surface area contributed by atoms with E-state index < -0.39 is 6.04 Å². The molecule has 1 unspecified atom stereocenters. The van der Waals surface area contributed by atoms with Gasteiger partial charge in [-0.1, -0.05) is 30.3 Å². The Balaban J connectivity index is 2.10. The van der Waals surface area contributed by atoms with Crippen molar-refractivity contribution in [1.82, 2.24) is 9.55 Å². The van der Waals surface area contributed by atoms with Crippen LogP contribution in [0.15, 0.2) is 41.5 Å². The summed E-state index contributed by atoms with van der Waals surface area (Å²) in [6.45, 7) is 5.63. The molecule has 0 amide bonds. The van der Waals surface area contributed by atoms with Gasteiger partial charge in [0.25, 0.3) is 5.56 Å². The Morgan fingerprint density at radius 2 is 1.91 bits per heavy atom. The first-order valence-corrected chi connectivity index (χ1v) is 7.88. The van der Waals surface area contributed by atoms with E-state index in [4.69, 9.17) is 0 Å². The summed E-state index contributed by atoms with van der Waals surface area (Å²) in [5.74, 6) is -0.0894. The minimum Gasteiger partial charge on any atom is -0.292 e. The Bertz CT molecular complexity index is 910. The zero-order valence-electron chi connectivity index (χ0n) is 12.7. The van der Waals surface area contributed by atoms with Gasteiger partial charge in [-0.05, 0) is 26.3 Å². The minimum atomic E-state index is -0.577. The predicted octanol–water partition coefficient (Wildman–Crippen LogP) is 3.52. The number of hydrogen-bond acceptors (Lipinski definition) is 4. The van der Waals surface area contributed by atoms with E-state index >= 15 is 0 Å². The van der Waals surface area contributed by atoms with Crippen molar-refractivity contribution in [3.8, 4) is 0 Å². The standard InChI is InChI=1S/C17H16N2O2S/c1-10-12(3)22-16-14(10)17(21)19(9-18-16)11(2)15(20)13-7-5-4-6-8-13/h4-9,11H,1-3H3. The van der Waals surface area contributed by atoms with Crippen molar-refractivity contribution < 1.29 is 4.79 Å².